The van der Waals surface area contributed by atoms with Crippen molar-refractivity contribution in [2.24, 2.45) is 0 Å². The number of rotatable bonds is 7. The quantitative estimate of drug-likeness (QED) is 0.753. The molecule has 0 saturated carbocycles. The highest BCUT2D eigenvalue weighted by Gasteiger charge is 2.28. The number of hydrogen-bond donors (Lipinski definition) is 1. The summed E-state index contributed by atoms with van der Waals surface area (Å²) in [6.45, 7) is 0.827. The predicted molar refractivity (Wildman–Crippen MR) is 86.3 cm³/mol. The van der Waals surface area contributed by atoms with Crippen molar-refractivity contribution in [3.63, 3.8) is 0 Å². The molecular formula is C16H18F3N3O4. The highest BCUT2D eigenvalue weighted by atomic mass is 19.4. The molecule has 0 spiro atoms. The summed E-state index contributed by atoms with van der Waals surface area (Å²) >= 11 is 0. The average molecular weight is 373 g/mol. The highest BCUT2D eigenvalue weighted by molar-refractivity contribution is 6.00. The van der Waals surface area contributed by atoms with Crippen LogP contribution in [-0.2, 0) is 16.1 Å². The second-order valence-corrected chi connectivity index (χ2v) is 5.82. The van der Waals surface area contributed by atoms with Gasteiger partial charge in [-0.3, -0.25) is 10.00 Å². The number of anilines is 1. The molecule has 1 fully saturated rings. The van der Waals surface area contributed by atoms with Crippen molar-refractivity contribution in [1.82, 2.24) is 10.2 Å². The lowest BCUT2D eigenvalue weighted by molar-refractivity contribution is -0.136. The van der Waals surface area contributed by atoms with Crippen LogP contribution in [0.5, 0.6) is 5.75 Å². The van der Waals surface area contributed by atoms with E-state index >= 15 is 0 Å². The number of benzene rings is 1. The van der Waals surface area contributed by atoms with Crippen LogP contribution in [0.2, 0.25) is 0 Å². The van der Waals surface area contributed by atoms with Gasteiger partial charge in [-0.25, -0.2) is 4.79 Å². The number of amides is 1. The van der Waals surface area contributed by atoms with E-state index in [0.29, 0.717) is 41.2 Å². The fraction of sp³-hybridized carbons (Fsp3) is 0.500. The van der Waals surface area contributed by atoms with E-state index in [0.717, 1.165) is 0 Å². The number of fused-ring (bicyclic) bond motifs is 1. The number of methoxy groups -OCH3 is 1. The Kier molecular flexibility index (Phi) is 5.21. The number of hydrogen-bond acceptors (Lipinski definition) is 5. The molecule has 2 aromatic rings. The third-order valence-electron chi connectivity index (χ3n) is 3.90. The molecule has 0 aliphatic carbocycles. The number of ether oxygens (including phenoxy) is 3. The van der Waals surface area contributed by atoms with Crippen LogP contribution in [0.25, 0.3) is 10.9 Å². The average Bonchev–Trinajstić information content (AvgIpc) is 3.16. The summed E-state index contributed by atoms with van der Waals surface area (Å²) in [7, 11) is 1.51. The van der Waals surface area contributed by atoms with Gasteiger partial charge in [-0.2, -0.15) is 18.3 Å². The number of H-pyrrole nitrogens is 1. The van der Waals surface area contributed by atoms with Crippen molar-refractivity contribution in [3.05, 3.63) is 17.7 Å². The molecule has 3 rings (SSSR count). The van der Waals surface area contributed by atoms with Gasteiger partial charge in [0, 0.05) is 30.5 Å². The normalized spacial score (nSPS) is 14.9. The molecule has 142 valence electrons. The van der Waals surface area contributed by atoms with Crippen LogP contribution < -0.4 is 9.64 Å². The first kappa shape index (κ1) is 18.3. The van der Waals surface area contributed by atoms with Crippen LogP contribution in [0.1, 0.15) is 18.4 Å². The number of carbonyl (C=O) groups excluding carboxylic acids is 1. The minimum absolute atomic E-state index is 0.0683. The molecule has 1 aromatic heterocycles. The first-order chi connectivity index (χ1) is 12.4. The van der Waals surface area contributed by atoms with E-state index in [9.17, 15) is 18.0 Å². The smallest absolute Gasteiger partial charge is 0.415 e. The first-order valence-corrected chi connectivity index (χ1v) is 8.03. The zero-order valence-electron chi connectivity index (χ0n) is 14.1. The minimum Gasteiger partial charge on any atom is -0.493 e. The molecule has 2 heterocycles. The van der Waals surface area contributed by atoms with Crippen molar-refractivity contribution >= 4 is 22.8 Å². The van der Waals surface area contributed by atoms with Gasteiger partial charge in [0.05, 0.1) is 25.3 Å². The lowest BCUT2D eigenvalue weighted by Gasteiger charge is -2.13. The molecule has 7 nitrogen and oxygen atoms in total. The van der Waals surface area contributed by atoms with E-state index in [2.05, 4.69) is 10.2 Å². The Balaban J connectivity index is 1.82. The molecule has 1 aliphatic heterocycles. The summed E-state index contributed by atoms with van der Waals surface area (Å²) in [6, 6.07) is 3.40. The number of aromatic nitrogens is 2. The summed E-state index contributed by atoms with van der Waals surface area (Å²) < 4.78 is 52.3. The van der Waals surface area contributed by atoms with Gasteiger partial charge in [-0.1, -0.05) is 0 Å². The zero-order valence-corrected chi connectivity index (χ0v) is 14.1. The standard InChI is InChI=1S/C16H18F3N3O4/c1-24-9-10-7-11-12(8-13(10)25-5-2-3-16(17,18)19)20-21-14(11)22-4-6-26-15(22)23/h7-8H,2-6,9H2,1H3,(H,20,21). The minimum atomic E-state index is -4.20. The molecule has 10 heteroatoms. The Bertz CT molecular complexity index is 791. The van der Waals surface area contributed by atoms with Gasteiger partial charge in [0.2, 0.25) is 0 Å². The lowest BCUT2D eigenvalue weighted by Crippen LogP contribution is -2.23. The highest BCUT2D eigenvalue weighted by Crippen LogP contribution is 2.32. The van der Waals surface area contributed by atoms with E-state index in [4.69, 9.17) is 14.2 Å². The van der Waals surface area contributed by atoms with E-state index in [1.165, 1.54) is 12.0 Å². The number of nitrogens with zero attached hydrogens (tertiary/aromatic N) is 2. The van der Waals surface area contributed by atoms with E-state index in [1.807, 2.05) is 0 Å². The molecule has 1 aromatic carbocycles. The fourth-order valence-electron chi connectivity index (χ4n) is 2.72. The number of carbonyl (C=O) groups is 1. The Morgan fingerprint density at radius 1 is 1.38 bits per heavy atom. The Morgan fingerprint density at radius 3 is 2.85 bits per heavy atom. The third kappa shape index (κ3) is 4.01. The van der Waals surface area contributed by atoms with Crippen molar-refractivity contribution in [1.29, 1.82) is 0 Å². The van der Waals surface area contributed by atoms with E-state index in [1.54, 1.807) is 12.1 Å². The van der Waals surface area contributed by atoms with Crippen LogP contribution >= 0.6 is 0 Å². The van der Waals surface area contributed by atoms with Crippen molar-refractivity contribution in [3.8, 4) is 5.75 Å². The maximum absolute atomic E-state index is 12.2. The lowest BCUT2D eigenvalue weighted by atomic mass is 10.1. The fourth-order valence-corrected chi connectivity index (χ4v) is 2.72. The summed E-state index contributed by atoms with van der Waals surface area (Å²) in [5.41, 5.74) is 1.26. The van der Waals surface area contributed by atoms with Crippen LogP contribution in [0, 0.1) is 0 Å². The van der Waals surface area contributed by atoms with Gasteiger partial charge in [0.15, 0.2) is 5.82 Å². The number of aromatic amines is 1. The maximum Gasteiger partial charge on any atom is 0.415 e. The number of nitrogens with one attached hydrogen (secondary N) is 1. The Labute approximate surface area is 147 Å². The molecular weight excluding hydrogens is 355 g/mol. The summed E-state index contributed by atoms with van der Waals surface area (Å²) in [6.07, 6.45) is -5.72. The Morgan fingerprint density at radius 2 is 2.19 bits per heavy atom. The topological polar surface area (TPSA) is 76.7 Å². The molecule has 0 atom stereocenters. The number of cyclic esters (lactones) is 1. The maximum atomic E-state index is 12.2. The zero-order chi connectivity index (χ0) is 18.7. The Hall–Kier alpha value is -2.49. The molecule has 0 radical (unpaired) electrons. The SMILES string of the molecule is COCc1cc2c(N3CCOC3=O)n[nH]c2cc1OCCCC(F)(F)F. The third-order valence-corrected chi connectivity index (χ3v) is 3.90. The van der Waals surface area contributed by atoms with Crippen molar-refractivity contribution < 1.29 is 32.2 Å². The van der Waals surface area contributed by atoms with Crippen LogP contribution in [0.4, 0.5) is 23.8 Å². The van der Waals surface area contributed by atoms with E-state index in [-0.39, 0.29) is 19.6 Å². The van der Waals surface area contributed by atoms with E-state index < -0.39 is 18.7 Å². The molecule has 0 bridgehead atoms. The van der Waals surface area contributed by atoms with Crippen molar-refractivity contribution in [2.45, 2.75) is 25.6 Å². The van der Waals surface area contributed by atoms with Crippen LogP contribution in [-0.4, -0.2) is 49.3 Å². The van der Waals surface area contributed by atoms with Crippen molar-refractivity contribution in [2.75, 3.05) is 31.8 Å². The summed E-state index contributed by atoms with van der Waals surface area (Å²) in [5.74, 6) is 0.851. The van der Waals surface area contributed by atoms with Gasteiger partial charge in [0.1, 0.15) is 12.4 Å². The second kappa shape index (κ2) is 7.40. The monoisotopic (exact) mass is 373 g/mol. The number of alkyl halides is 3. The summed E-state index contributed by atoms with van der Waals surface area (Å²) in [5, 5.41) is 7.64. The second-order valence-electron chi connectivity index (χ2n) is 5.82. The number of halogens is 3. The molecule has 1 N–H and O–H groups in total. The largest absolute Gasteiger partial charge is 0.493 e. The molecule has 1 amide bonds. The predicted octanol–water partition coefficient (Wildman–Crippen LogP) is 3.39. The van der Waals surface area contributed by atoms with Gasteiger partial charge in [-0.15, -0.1) is 0 Å². The molecule has 1 aliphatic rings. The van der Waals surface area contributed by atoms with Crippen LogP contribution in [0.15, 0.2) is 12.1 Å². The molecule has 0 unspecified atom stereocenters. The summed E-state index contributed by atoms with van der Waals surface area (Å²) in [4.78, 5) is 13.2. The molecule has 1 saturated heterocycles. The van der Waals surface area contributed by atoms with Crippen LogP contribution in [0.3, 0.4) is 0 Å². The van der Waals surface area contributed by atoms with Gasteiger partial charge in [-0.05, 0) is 12.5 Å². The van der Waals surface area contributed by atoms with Gasteiger partial charge < -0.3 is 14.2 Å². The van der Waals surface area contributed by atoms with Gasteiger partial charge >= 0.3 is 12.3 Å². The first-order valence-electron chi connectivity index (χ1n) is 8.03. The van der Waals surface area contributed by atoms with Gasteiger partial charge in [0.25, 0.3) is 0 Å². The molecule has 26 heavy (non-hydrogen) atoms.